The number of hydrogen-bond acceptors (Lipinski definition) is 5. The fraction of sp³-hybridized carbons (Fsp3) is 0.353. The molecule has 3 heterocycles. The van der Waals surface area contributed by atoms with Gasteiger partial charge < -0.3 is 4.74 Å². The van der Waals surface area contributed by atoms with Gasteiger partial charge in [-0.3, -0.25) is 14.3 Å². The summed E-state index contributed by atoms with van der Waals surface area (Å²) < 4.78 is 7.05. The number of aromatic nitrogens is 3. The molecule has 3 aromatic heterocycles. The molecule has 0 bridgehead atoms. The van der Waals surface area contributed by atoms with E-state index in [-0.39, 0.29) is 5.56 Å². The molecule has 0 aromatic carbocycles. The summed E-state index contributed by atoms with van der Waals surface area (Å²) in [5.74, 6) is 0.819. The lowest BCUT2D eigenvalue weighted by Gasteiger charge is -2.13. The topological polar surface area (TPSA) is 57.0 Å². The van der Waals surface area contributed by atoms with Crippen LogP contribution in [0.2, 0.25) is 0 Å². The van der Waals surface area contributed by atoms with Gasteiger partial charge in [0, 0.05) is 22.2 Å². The highest BCUT2D eigenvalue weighted by Gasteiger charge is 2.14. The summed E-state index contributed by atoms with van der Waals surface area (Å²) in [7, 11) is 1.65. The molecule has 0 aliphatic rings. The second kappa shape index (κ2) is 5.77. The maximum absolute atomic E-state index is 12.8. The van der Waals surface area contributed by atoms with E-state index in [4.69, 9.17) is 4.74 Å². The molecule has 0 aliphatic carbocycles. The Balaban J connectivity index is 2.11. The zero-order valence-corrected chi connectivity index (χ0v) is 14.7. The second-order valence-corrected chi connectivity index (χ2v) is 6.89. The molecule has 6 heteroatoms. The third kappa shape index (κ3) is 2.53. The maximum Gasteiger partial charge on any atom is 0.262 e. The normalized spacial score (nSPS) is 11.2. The summed E-state index contributed by atoms with van der Waals surface area (Å²) in [4.78, 5) is 23.6. The predicted molar refractivity (Wildman–Crippen MR) is 92.7 cm³/mol. The van der Waals surface area contributed by atoms with Crippen LogP contribution >= 0.6 is 11.3 Å². The molecule has 0 unspecified atom stereocenters. The van der Waals surface area contributed by atoms with E-state index in [2.05, 4.69) is 9.97 Å². The van der Waals surface area contributed by atoms with E-state index in [0.717, 1.165) is 37.8 Å². The highest BCUT2D eigenvalue weighted by molar-refractivity contribution is 7.18. The van der Waals surface area contributed by atoms with Gasteiger partial charge in [-0.1, -0.05) is 0 Å². The van der Waals surface area contributed by atoms with E-state index >= 15 is 0 Å². The van der Waals surface area contributed by atoms with Crippen LogP contribution in [0.1, 0.15) is 27.3 Å². The molecule has 0 radical (unpaired) electrons. The van der Waals surface area contributed by atoms with Crippen LogP contribution in [-0.4, -0.2) is 21.6 Å². The van der Waals surface area contributed by atoms with E-state index in [0.29, 0.717) is 11.9 Å². The van der Waals surface area contributed by atoms with Crippen molar-refractivity contribution in [1.29, 1.82) is 0 Å². The fourth-order valence-electron chi connectivity index (χ4n) is 2.77. The predicted octanol–water partition coefficient (Wildman–Crippen LogP) is 3.14. The first kappa shape index (κ1) is 15.7. The van der Waals surface area contributed by atoms with Crippen LogP contribution in [0.3, 0.4) is 0 Å². The first-order valence-corrected chi connectivity index (χ1v) is 8.20. The summed E-state index contributed by atoms with van der Waals surface area (Å²) in [6.07, 6.45) is 3.38. The van der Waals surface area contributed by atoms with Gasteiger partial charge in [-0.15, -0.1) is 11.3 Å². The van der Waals surface area contributed by atoms with Gasteiger partial charge in [0.1, 0.15) is 10.6 Å². The number of aryl methyl sites for hydroxylation is 3. The van der Waals surface area contributed by atoms with Crippen molar-refractivity contribution in [3.8, 4) is 5.75 Å². The number of hydrogen-bond donors (Lipinski definition) is 0. The van der Waals surface area contributed by atoms with Crippen LogP contribution in [0, 0.1) is 27.7 Å². The molecule has 0 N–H and O–H groups in total. The summed E-state index contributed by atoms with van der Waals surface area (Å²) in [6, 6.07) is 0. The van der Waals surface area contributed by atoms with E-state index < -0.39 is 0 Å². The van der Waals surface area contributed by atoms with Crippen molar-refractivity contribution in [3.63, 3.8) is 0 Å². The lowest BCUT2D eigenvalue weighted by molar-refractivity contribution is 0.406. The molecule has 0 fully saturated rings. The molecule has 0 saturated carbocycles. The SMILES string of the molecule is COc1c(C)cnc(Cn2cnc3sc(C)c(C)c3c2=O)c1C. The van der Waals surface area contributed by atoms with Gasteiger partial charge >= 0.3 is 0 Å². The van der Waals surface area contributed by atoms with Crippen LogP contribution in [-0.2, 0) is 6.54 Å². The minimum absolute atomic E-state index is 0.0161. The fourth-order valence-corrected chi connectivity index (χ4v) is 3.76. The zero-order valence-electron chi connectivity index (χ0n) is 13.9. The Morgan fingerprint density at radius 3 is 2.61 bits per heavy atom. The average Bonchev–Trinajstić information content (AvgIpc) is 2.81. The minimum atomic E-state index is -0.0161. The van der Waals surface area contributed by atoms with Crippen molar-refractivity contribution in [2.24, 2.45) is 0 Å². The largest absolute Gasteiger partial charge is 0.496 e. The molecule has 0 spiro atoms. The zero-order chi connectivity index (χ0) is 16.7. The Kier molecular flexibility index (Phi) is 3.93. The van der Waals surface area contributed by atoms with Crippen molar-refractivity contribution in [2.45, 2.75) is 34.2 Å². The summed E-state index contributed by atoms with van der Waals surface area (Å²) >= 11 is 1.56. The first-order valence-electron chi connectivity index (χ1n) is 7.38. The van der Waals surface area contributed by atoms with Gasteiger partial charge in [-0.05, 0) is 33.3 Å². The van der Waals surface area contributed by atoms with Crippen LogP contribution in [0.4, 0.5) is 0 Å². The Morgan fingerprint density at radius 2 is 1.91 bits per heavy atom. The Bertz CT molecular complexity index is 957. The number of methoxy groups -OCH3 is 1. The van der Waals surface area contributed by atoms with Crippen molar-refractivity contribution in [1.82, 2.24) is 14.5 Å². The summed E-state index contributed by atoms with van der Waals surface area (Å²) in [5, 5.41) is 0.715. The maximum atomic E-state index is 12.8. The summed E-state index contributed by atoms with van der Waals surface area (Å²) in [5.41, 5.74) is 3.76. The first-order chi connectivity index (χ1) is 10.9. The van der Waals surface area contributed by atoms with Crippen molar-refractivity contribution in [3.05, 3.63) is 50.1 Å². The smallest absolute Gasteiger partial charge is 0.262 e. The van der Waals surface area contributed by atoms with Gasteiger partial charge in [-0.2, -0.15) is 0 Å². The van der Waals surface area contributed by atoms with Crippen LogP contribution in [0.5, 0.6) is 5.75 Å². The van der Waals surface area contributed by atoms with Gasteiger partial charge in [-0.25, -0.2) is 4.98 Å². The van der Waals surface area contributed by atoms with Crippen molar-refractivity contribution < 1.29 is 4.74 Å². The Hall–Kier alpha value is -2.21. The molecule has 0 amide bonds. The number of pyridine rings is 1. The highest BCUT2D eigenvalue weighted by Crippen LogP contribution is 2.26. The summed E-state index contributed by atoms with van der Waals surface area (Å²) in [6.45, 7) is 8.30. The molecule has 0 atom stereocenters. The molecule has 120 valence electrons. The van der Waals surface area contributed by atoms with Gasteiger partial charge in [0.25, 0.3) is 5.56 Å². The van der Waals surface area contributed by atoms with Gasteiger partial charge in [0.15, 0.2) is 0 Å². The number of nitrogens with zero attached hydrogens (tertiary/aromatic N) is 3. The van der Waals surface area contributed by atoms with Gasteiger partial charge in [0.05, 0.1) is 31.1 Å². The van der Waals surface area contributed by atoms with Crippen LogP contribution in [0.15, 0.2) is 17.3 Å². The minimum Gasteiger partial charge on any atom is -0.496 e. The average molecular weight is 329 g/mol. The molecule has 3 aromatic rings. The lowest BCUT2D eigenvalue weighted by atomic mass is 10.1. The third-order valence-electron chi connectivity index (χ3n) is 4.23. The lowest BCUT2D eigenvalue weighted by Crippen LogP contribution is -2.22. The monoisotopic (exact) mass is 329 g/mol. The second-order valence-electron chi connectivity index (χ2n) is 5.69. The molecule has 3 rings (SSSR count). The quantitative estimate of drug-likeness (QED) is 0.741. The van der Waals surface area contributed by atoms with E-state index in [1.54, 1.807) is 35.5 Å². The molecule has 23 heavy (non-hydrogen) atoms. The standard InChI is InChI=1S/C17H19N3O2S/c1-9-6-18-13(11(3)15(9)22-5)7-20-8-19-16-14(17(20)21)10(2)12(4)23-16/h6,8H,7H2,1-5H3. The third-order valence-corrected chi connectivity index (χ3v) is 5.34. The van der Waals surface area contributed by atoms with E-state index in [9.17, 15) is 4.79 Å². The van der Waals surface area contributed by atoms with E-state index in [1.165, 1.54) is 0 Å². The van der Waals surface area contributed by atoms with E-state index in [1.807, 2.05) is 27.7 Å². The molecule has 5 nitrogen and oxygen atoms in total. The number of ether oxygens (including phenoxy) is 1. The van der Waals surface area contributed by atoms with Crippen molar-refractivity contribution >= 4 is 21.6 Å². The molecular formula is C17H19N3O2S. The molecule has 0 saturated heterocycles. The van der Waals surface area contributed by atoms with Crippen molar-refractivity contribution in [2.75, 3.05) is 7.11 Å². The molecule has 0 aliphatic heterocycles. The Morgan fingerprint density at radius 1 is 1.17 bits per heavy atom. The molecular weight excluding hydrogens is 310 g/mol. The highest BCUT2D eigenvalue weighted by atomic mass is 32.1. The number of fused-ring (bicyclic) bond motifs is 1. The number of rotatable bonds is 3. The Labute approximate surface area is 138 Å². The van der Waals surface area contributed by atoms with Crippen LogP contribution in [0.25, 0.3) is 10.2 Å². The number of thiophene rings is 1. The van der Waals surface area contributed by atoms with Gasteiger partial charge in [0.2, 0.25) is 0 Å². The van der Waals surface area contributed by atoms with Crippen LogP contribution < -0.4 is 10.3 Å².